The molecular weight excluding hydrogens is 259 g/mol. The van der Waals surface area contributed by atoms with E-state index in [1.54, 1.807) is 37.3 Å². The summed E-state index contributed by atoms with van der Waals surface area (Å²) in [5, 5.41) is 11.6. The SMILES string of the molecule is Cc1cc(Oc2ccc(/C(N)=N/O)c(C)c2)ccc1F. The summed E-state index contributed by atoms with van der Waals surface area (Å²) in [6, 6.07) is 9.74. The predicted octanol–water partition coefficient (Wildman–Crippen LogP) is 3.33. The highest BCUT2D eigenvalue weighted by Crippen LogP contribution is 2.25. The molecule has 0 heterocycles. The lowest BCUT2D eigenvalue weighted by Crippen LogP contribution is -2.14. The van der Waals surface area contributed by atoms with Crippen LogP contribution in [0, 0.1) is 19.7 Å². The van der Waals surface area contributed by atoms with Crippen molar-refractivity contribution in [1.82, 2.24) is 0 Å². The molecule has 0 bridgehead atoms. The van der Waals surface area contributed by atoms with Crippen LogP contribution in [0.25, 0.3) is 0 Å². The van der Waals surface area contributed by atoms with Gasteiger partial charge in [0.05, 0.1) is 0 Å². The van der Waals surface area contributed by atoms with Crippen LogP contribution in [0.15, 0.2) is 41.6 Å². The fraction of sp³-hybridized carbons (Fsp3) is 0.133. The van der Waals surface area contributed by atoms with Crippen LogP contribution in [0.4, 0.5) is 4.39 Å². The Morgan fingerprint density at radius 2 is 1.70 bits per heavy atom. The lowest BCUT2D eigenvalue weighted by molar-refractivity contribution is 0.318. The van der Waals surface area contributed by atoms with Crippen molar-refractivity contribution in [2.24, 2.45) is 10.9 Å². The fourth-order valence-electron chi connectivity index (χ4n) is 1.86. The summed E-state index contributed by atoms with van der Waals surface area (Å²) in [6.45, 7) is 3.51. The Morgan fingerprint density at radius 3 is 2.25 bits per heavy atom. The van der Waals surface area contributed by atoms with E-state index in [9.17, 15) is 4.39 Å². The van der Waals surface area contributed by atoms with E-state index in [0.717, 1.165) is 5.56 Å². The van der Waals surface area contributed by atoms with Gasteiger partial charge < -0.3 is 15.7 Å². The Kier molecular flexibility index (Phi) is 3.89. The highest BCUT2D eigenvalue weighted by molar-refractivity contribution is 5.98. The molecule has 5 heteroatoms. The van der Waals surface area contributed by atoms with Crippen LogP contribution in [0.2, 0.25) is 0 Å². The van der Waals surface area contributed by atoms with E-state index in [4.69, 9.17) is 15.7 Å². The monoisotopic (exact) mass is 274 g/mol. The maximum Gasteiger partial charge on any atom is 0.170 e. The van der Waals surface area contributed by atoms with Gasteiger partial charge in [-0.2, -0.15) is 0 Å². The number of amidine groups is 1. The number of rotatable bonds is 3. The number of hydrogen-bond donors (Lipinski definition) is 2. The Balaban J connectivity index is 2.26. The van der Waals surface area contributed by atoms with E-state index in [1.165, 1.54) is 6.07 Å². The van der Waals surface area contributed by atoms with Crippen LogP contribution in [0.5, 0.6) is 11.5 Å². The fourth-order valence-corrected chi connectivity index (χ4v) is 1.86. The molecule has 0 amide bonds. The van der Waals surface area contributed by atoms with Gasteiger partial charge in [-0.3, -0.25) is 0 Å². The molecule has 2 rings (SSSR count). The van der Waals surface area contributed by atoms with Crippen molar-refractivity contribution in [2.75, 3.05) is 0 Å². The molecular formula is C15H15FN2O2. The Bertz CT molecular complexity index is 669. The van der Waals surface area contributed by atoms with E-state index in [-0.39, 0.29) is 11.7 Å². The van der Waals surface area contributed by atoms with Crippen molar-refractivity contribution in [3.05, 3.63) is 58.9 Å². The average Bonchev–Trinajstić information content (AvgIpc) is 2.42. The second-order valence-corrected chi connectivity index (χ2v) is 4.48. The summed E-state index contributed by atoms with van der Waals surface area (Å²) in [4.78, 5) is 0. The predicted molar refractivity (Wildman–Crippen MR) is 74.9 cm³/mol. The van der Waals surface area contributed by atoms with Crippen molar-refractivity contribution in [2.45, 2.75) is 13.8 Å². The number of hydrogen-bond acceptors (Lipinski definition) is 3. The number of benzene rings is 2. The van der Waals surface area contributed by atoms with E-state index in [2.05, 4.69) is 5.16 Å². The minimum atomic E-state index is -0.268. The maximum atomic E-state index is 13.2. The van der Waals surface area contributed by atoms with Crippen LogP contribution < -0.4 is 10.5 Å². The normalized spacial score (nSPS) is 11.4. The number of nitrogens with zero attached hydrogens (tertiary/aromatic N) is 1. The van der Waals surface area contributed by atoms with Gasteiger partial charge >= 0.3 is 0 Å². The van der Waals surface area contributed by atoms with Gasteiger partial charge in [-0.05, 0) is 61.4 Å². The quantitative estimate of drug-likeness (QED) is 0.390. The molecule has 0 radical (unpaired) electrons. The average molecular weight is 274 g/mol. The second kappa shape index (κ2) is 5.61. The number of halogens is 1. The van der Waals surface area contributed by atoms with Crippen molar-refractivity contribution in [3.8, 4) is 11.5 Å². The van der Waals surface area contributed by atoms with Gasteiger partial charge in [-0.25, -0.2) is 4.39 Å². The Hall–Kier alpha value is -2.56. The van der Waals surface area contributed by atoms with Gasteiger partial charge in [-0.15, -0.1) is 0 Å². The minimum Gasteiger partial charge on any atom is -0.457 e. The summed E-state index contributed by atoms with van der Waals surface area (Å²) in [7, 11) is 0. The highest BCUT2D eigenvalue weighted by atomic mass is 19.1. The number of ether oxygens (including phenoxy) is 1. The van der Waals surface area contributed by atoms with E-state index < -0.39 is 0 Å². The largest absolute Gasteiger partial charge is 0.457 e. The number of nitrogens with two attached hydrogens (primary N) is 1. The molecule has 0 aliphatic heterocycles. The molecule has 20 heavy (non-hydrogen) atoms. The van der Waals surface area contributed by atoms with Crippen molar-refractivity contribution >= 4 is 5.84 Å². The van der Waals surface area contributed by atoms with Crippen LogP contribution in [-0.2, 0) is 0 Å². The Labute approximate surface area is 116 Å². The van der Waals surface area contributed by atoms with Crippen LogP contribution in [-0.4, -0.2) is 11.0 Å². The van der Waals surface area contributed by atoms with E-state index >= 15 is 0 Å². The summed E-state index contributed by atoms with van der Waals surface area (Å²) in [6.07, 6.45) is 0. The molecule has 2 aromatic rings. The first kappa shape index (κ1) is 13.9. The first-order chi connectivity index (χ1) is 9.51. The molecule has 0 atom stereocenters. The zero-order valence-corrected chi connectivity index (χ0v) is 11.2. The molecule has 0 unspecified atom stereocenters. The highest BCUT2D eigenvalue weighted by Gasteiger charge is 2.06. The first-order valence-corrected chi connectivity index (χ1v) is 6.04. The van der Waals surface area contributed by atoms with Crippen molar-refractivity contribution in [3.63, 3.8) is 0 Å². The van der Waals surface area contributed by atoms with Gasteiger partial charge in [0.2, 0.25) is 0 Å². The van der Waals surface area contributed by atoms with Crippen LogP contribution >= 0.6 is 0 Å². The third kappa shape index (κ3) is 2.88. The molecule has 4 nitrogen and oxygen atoms in total. The molecule has 2 aromatic carbocycles. The molecule has 0 fully saturated rings. The zero-order chi connectivity index (χ0) is 14.7. The summed E-state index contributed by atoms with van der Waals surface area (Å²) in [5.74, 6) is 0.935. The smallest absolute Gasteiger partial charge is 0.170 e. The van der Waals surface area contributed by atoms with Gasteiger partial charge in [-0.1, -0.05) is 5.16 Å². The maximum absolute atomic E-state index is 13.2. The van der Waals surface area contributed by atoms with Gasteiger partial charge in [0.15, 0.2) is 5.84 Å². The van der Waals surface area contributed by atoms with Gasteiger partial charge in [0.1, 0.15) is 17.3 Å². The van der Waals surface area contributed by atoms with Crippen LogP contribution in [0.1, 0.15) is 16.7 Å². The standard InChI is InChI=1S/C15H15FN2O2/c1-9-7-11(3-5-13(9)15(17)18-19)20-12-4-6-14(16)10(2)8-12/h3-8,19H,1-2H3,(H2,17,18). The summed E-state index contributed by atoms with van der Waals surface area (Å²) >= 11 is 0. The number of oxime groups is 1. The Morgan fingerprint density at radius 1 is 1.10 bits per heavy atom. The molecule has 0 saturated carbocycles. The third-order valence-electron chi connectivity index (χ3n) is 2.95. The second-order valence-electron chi connectivity index (χ2n) is 4.48. The third-order valence-corrected chi connectivity index (χ3v) is 2.95. The number of aryl methyl sites for hydroxylation is 2. The summed E-state index contributed by atoms with van der Waals surface area (Å²) < 4.78 is 18.8. The van der Waals surface area contributed by atoms with Crippen LogP contribution in [0.3, 0.4) is 0 Å². The lowest BCUT2D eigenvalue weighted by Gasteiger charge is -2.10. The van der Waals surface area contributed by atoms with Crippen molar-refractivity contribution < 1.29 is 14.3 Å². The molecule has 0 saturated heterocycles. The summed E-state index contributed by atoms with van der Waals surface area (Å²) in [5.41, 5.74) is 7.52. The zero-order valence-electron chi connectivity index (χ0n) is 11.2. The lowest BCUT2D eigenvalue weighted by atomic mass is 10.1. The topological polar surface area (TPSA) is 67.8 Å². The van der Waals surface area contributed by atoms with Crippen molar-refractivity contribution in [1.29, 1.82) is 0 Å². The molecule has 104 valence electrons. The molecule has 3 N–H and O–H groups in total. The van der Waals surface area contributed by atoms with Gasteiger partial charge in [0.25, 0.3) is 0 Å². The molecule has 0 aliphatic carbocycles. The van der Waals surface area contributed by atoms with E-state index in [0.29, 0.717) is 22.6 Å². The van der Waals surface area contributed by atoms with Gasteiger partial charge in [0, 0.05) is 5.56 Å². The molecule has 0 aromatic heterocycles. The molecule has 0 aliphatic rings. The van der Waals surface area contributed by atoms with E-state index in [1.807, 2.05) is 6.92 Å². The minimum absolute atomic E-state index is 0.0478. The molecule has 0 spiro atoms. The first-order valence-electron chi connectivity index (χ1n) is 6.04.